The number of nitrogens with one attached hydrogen (secondary N) is 1. The summed E-state index contributed by atoms with van der Waals surface area (Å²) in [6.07, 6.45) is 1.15. The van der Waals surface area contributed by atoms with E-state index in [0.29, 0.717) is 24.1 Å². The molecule has 1 aliphatic rings. The van der Waals surface area contributed by atoms with E-state index >= 15 is 0 Å². The Hall–Kier alpha value is -2.04. The molecule has 2 unspecified atom stereocenters. The monoisotopic (exact) mass is 262 g/mol. The number of hydrogen-bond acceptors (Lipinski definition) is 2. The topological polar surface area (TPSA) is 69.6 Å². The molecular formula is C14H18N2O3. The molecule has 0 spiro atoms. The summed E-state index contributed by atoms with van der Waals surface area (Å²) in [4.78, 5) is 24.4. The average Bonchev–Trinajstić information content (AvgIpc) is 3.11. The first-order valence-electron chi connectivity index (χ1n) is 6.34. The summed E-state index contributed by atoms with van der Waals surface area (Å²) < 4.78 is 0. The summed E-state index contributed by atoms with van der Waals surface area (Å²) in [6, 6.07) is 6.21. The van der Waals surface area contributed by atoms with Crippen molar-refractivity contribution in [3.8, 4) is 0 Å². The Morgan fingerprint density at radius 2 is 2.05 bits per heavy atom. The number of benzene rings is 1. The Morgan fingerprint density at radius 1 is 1.42 bits per heavy atom. The van der Waals surface area contributed by atoms with Crippen LogP contribution >= 0.6 is 0 Å². The van der Waals surface area contributed by atoms with Crippen molar-refractivity contribution in [1.82, 2.24) is 5.32 Å². The first kappa shape index (κ1) is 13.4. The van der Waals surface area contributed by atoms with Crippen molar-refractivity contribution < 1.29 is 14.7 Å². The second-order valence-electron chi connectivity index (χ2n) is 5.04. The van der Waals surface area contributed by atoms with Gasteiger partial charge in [-0.05, 0) is 30.4 Å². The van der Waals surface area contributed by atoms with Crippen LogP contribution in [0.15, 0.2) is 24.3 Å². The summed E-state index contributed by atoms with van der Waals surface area (Å²) in [5.74, 6) is 0.204. The van der Waals surface area contributed by atoms with Crippen LogP contribution < -0.4 is 10.2 Å². The molecule has 0 aliphatic heterocycles. The predicted molar refractivity (Wildman–Crippen MR) is 72.5 cm³/mol. The molecule has 0 bridgehead atoms. The number of carboxylic acid groups (broad SMARTS) is 1. The van der Waals surface area contributed by atoms with Gasteiger partial charge in [-0.3, -0.25) is 4.90 Å². The molecule has 0 saturated heterocycles. The van der Waals surface area contributed by atoms with E-state index in [1.807, 2.05) is 0 Å². The van der Waals surface area contributed by atoms with Gasteiger partial charge in [-0.1, -0.05) is 19.1 Å². The number of amides is 2. The lowest BCUT2D eigenvalue weighted by Crippen LogP contribution is -2.39. The van der Waals surface area contributed by atoms with Crippen LogP contribution in [-0.2, 0) is 0 Å². The number of aromatic carboxylic acids is 1. The number of carbonyl (C=O) groups is 2. The highest BCUT2D eigenvalue weighted by Gasteiger charge is 2.32. The van der Waals surface area contributed by atoms with Crippen LogP contribution in [0, 0.1) is 11.8 Å². The molecule has 5 heteroatoms. The molecule has 19 heavy (non-hydrogen) atoms. The van der Waals surface area contributed by atoms with Gasteiger partial charge in [0.25, 0.3) is 0 Å². The summed E-state index contributed by atoms with van der Waals surface area (Å²) in [7, 11) is 1.58. The van der Waals surface area contributed by atoms with Gasteiger partial charge >= 0.3 is 12.0 Å². The lowest BCUT2D eigenvalue weighted by molar-refractivity contribution is 0.0697. The van der Waals surface area contributed by atoms with Crippen molar-refractivity contribution in [2.24, 2.45) is 11.8 Å². The van der Waals surface area contributed by atoms with Gasteiger partial charge in [0.05, 0.1) is 11.3 Å². The Labute approximate surface area is 112 Å². The van der Waals surface area contributed by atoms with Crippen molar-refractivity contribution in [3.63, 3.8) is 0 Å². The van der Waals surface area contributed by atoms with Crippen LogP contribution in [0.5, 0.6) is 0 Å². The highest BCUT2D eigenvalue weighted by molar-refractivity contribution is 6.01. The van der Waals surface area contributed by atoms with Gasteiger partial charge in [0, 0.05) is 13.6 Å². The summed E-state index contributed by atoms with van der Waals surface area (Å²) >= 11 is 0. The Morgan fingerprint density at radius 3 is 2.63 bits per heavy atom. The van der Waals surface area contributed by atoms with Gasteiger partial charge < -0.3 is 10.4 Å². The summed E-state index contributed by atoms with van der Waals surface area (Å²) in [6.45, 7) is 2.81. The second kappa shape index (κ2) is 5.30. The molecule has 2 rings (SSSR count). The number of carboxylic acids is 1. The highest BCUT2D eigenvalue weighted by Crippen LogP contribution is 2.36. The molecule has 2 N–H and O–H groups in total. The van der Waals surface area contributed by atoms with Crippen LogP contribution in [0.3, 0.4) is 0 Å². The van der Waals surface area contributed by atoms with E-state index in [2.05, 4.69) is 12.2 Å². The fraction of sp³-hybridized carbons (Fsp3) is 0.429. The second-order valence-corrected chi connectivity index (χ2v) is 5.04. The van der Waals surface area contributed by atoms with E-state index < -0.39 is 5.97 Å². The van der Waals surface area contributed by atoms with Crippen LogP contribution in [0.2, 0.25) is 0 Å². The van der Waals surface area contributed by atoms with Gasteiger partial charge in [0.1, 0.15) is 0 Å². The predicted octanol–water partition coefficient (Wildman–Crippen LogP) is 2.19. The molecule has 1 aromatic carbocycles. The molecule has 1 fully saturated rings. The maximum absolute atomic E-state index is 12.0. The van der Waals surface area contributed by atoms with Crippen molar-refractivity contribution in [2.75, 3.05) is 18.5 Å². The van der Waals surface area contributed by atoms with E-state index in [1.165, 1.54) is 11.0 Å². The first-order chi connectivity index (χ1) is 9.00. The Bertz CT molecular complexity index is 501. The fourth-order valence-corrected chi connectivity index (χ4v) is 2.08. The normalized spacial score (nSPS) is 20.7. The summed E-state index contributed by atoms with van der Waals surface area (Å²) in [5, 5.41) is 11.9. The van der Waals surface area contributed by atoms with Gasteiger partial charge in [0.15, 0.2) is 0 Å². The smallest absolute Gasteiger partial charge is 0.337 e. The van der Waals surface area contributed by atoms with E-state index in [0.717, 1.165) is 6.42 Å². The number of hydrogen-bond donors (Lipinski definition) is 2. The van der Waals surface area contributed by atoms with E-state index in [1.54, 1.807) is 25.2 Å². The van der Waals surface area contributed by atoms with Crippen LogP contribution in [-0.4, -0.2) is 30.7 Å². The minimum Gasteiger partial charge on any atom is -0.478 e. The van der Waals surface area contributed by atoms with Gasteiger partial charge in [-0.25, -0.2) is 9.59 Å². The molecule has 1 saturated carbocycles. The largest absolute Gasteiger partial charge is 0.478 e. The van der Waals surface area contributed by atoms with E-state index in [-0.39, 0.29) is 11.6 Å². The zero-order valence-electron chi connectivity index (χ0n) is 11.1. The van der Waals surface area contributed by atoms with Gasteiger partial charge in [0.2, 0.25) is 0 Å². The van der Waals surface area contributed by atoms with Crippen molar-refractivity contribution in [3.05, 3.63) is 29.8 Å². The molecule has 2 atom stereocenters. The minimum absolute atomic E-state index is 0.125. The third-order valence-corrected chi connectivity index (χ3v) is 3.59. The standard InChI is InChI=1S/C14H18N2O3/c1-9-7-10(9)8-15-14(19)16(2)12-6-4-3-5-11(12)13(17)18/h3-6,9-10H,7-8H2,1-2H3,(H,15,19)(H,17,18). The first-order valence-corrected chi connectivity index (χ1v) is 6.34. The maximum atomic E-state index is 12.0. The molecule has 0 radical (unpaired) electrons. The third-order valence-electron chi connectivity index (χ3n) is 3.59. The quantitative estimate of drug-likeness (QED) is 0.873. The van der Waals surface area contributed by atoms with E-state index in [4.69, 9.17) is 5.11 Å². The van der Waals surface area contributed by atoms with Crippen LogP contribution in [0.4, 0.5) is 10.5 Å². The number of rotatable bonds is 4. The van der Waals surface area contributed by atoms with Crippen LogP contribution in [0.1, 0.15) is 23.7 Å². The highest BCUT2D eigenvalue weighted by atomic mass is 16.4. The van der Waals surface area contributed by atoms with Crippen molar-refractivity contribution in [2.45, 2.75) is 13.3 Å². The zero-order valence-corrected chi connectivity index (χ0v) is 11.1. The lowest BCUT2D eigenvalue weighted by Gasteiger charge is -2.19. The molecule has 5 nitrogen and oxygen atoms in total. The molecular weight excluding hydrogens is 244 g/mol. The molecule has 1 aliphatic carbocycles. The number of anilines is 1. The van der Waals surface area contributed by atoms with Crippen molar-refractivity contribution in [1.29, 1.82) is 0 Å². The van der Waals surface area contributed by atoms with Crippen molar-refractivity contribution >= 4 is 17.7 Å². The van der Waals surface area contributed by atoms with Crippen LogP contribution in [0.25, 0.3) is 0 Å². The maximum Gasteiger partial charge on any atom is 0.337 e. The molecule has 0 aromatic heterocycles. The molecule has 1 aromatic rings. The third kappa shape index (κ3) is 3.05. The molecule has 0 heterocycles. The summed E-state index contributed by atoms with van der Waals surface area (Å²) in [5.41, 5.74) is 0.524. The van der Waals surface area contributed by atoms with Gasteiger partial charge in [-0.2, -0.15) is 0 Å². The fourth-order valence-electron chi connectivity index (χ4n) is 2.08. The van der Waals surface area contributed by atoms with E-state index in [9.17, 15) is 9.59 Å². The molecule has 2 amide bonds. The number of para-hydroxylation sites is 1. The minimum atomic E-state index is -1.04. The Kier molecular flexibility index (Phi) is 3.74. The number of urea groups is 1. The average molecular weight is 262 g/mol. The number of carbonyl (C=O) groups excluding carboxylic acids is 1. The zero-order chi connectivity index (χ0) is 14.0. The SMILES string of the molecule is CC1CC1CNC(=O)N(C)c1ccccc1C(=O)O. The Balaban J connectivity index is 2.03. The van der Waals surface area contributed by atoms with Gasteiger partial charge in [-0.15, -0.1) is 0 Å². The molecule has 102 valence electrons. The number of nitrogens with zero attached hydrogens (tertiary/aromatic N) is 1. The lowest BCUT2D eigenvalue weighted by atomic mass is 10.1.